The highest BCUT2D eigenvalue weighted by molar-refractivity contribution is 5.76. The van der Waals surface area contributed by atoms with Crippen molar-refractivity contribution in [3.63, 3.8) is 0 Å². The molecule has 360 valence electrons. The lowest BCUT2D eigenvalue weighted by Crippen LogP contribution is -2.45. The molecule has 0 aromatic rings. The average molecular weight is 860 g/mol. The van der Waals surface area contributed by atoms with Gasteiger partial charge in [0.1, 0.15) is 0 Å². The Hall–Kier alpha value is -1.66. The van der Waals surface area contributed by atoms with Crippen LogP contribution >= 0.6 is 0 Å². The Labute approximate surface area is 380 Å². The summed E-state index contributed by atoms with van der Waals surface area (Å²) in [6.45, 7) is 4.88. The number of ether oxygens (including phenoxy) is 1. The fourth-order valence-corrected chi connectivity index (χ4v) is 8.32. The number of hydrogen-bond acceptors (Lipinski definition) is 5. The highest BCUT2D eigenvalue weighted by atomic mass is 16.5. The molecule has 0 heterocycles. The molecule has 0 aliphatic carbocycles. The van der Waals surface area contributed by atoms with Crippen molar-refractivity contribution >= 4 is 11.9 Å². The van der Waals surface area contributed by atoms with Gasteiger partial charge in [0.15, 0.2) is 0 Å². The molecule has 0 rings (SSSR count). The van der Waals surface area contributed by atoms with Crippen molar-refractivity contribution in [1.82, 2.24) is 5.32 Å². The molecule has 0 spiro atoms. The summed E-state index contributed by atoms with van der Waals surface area (Å²) >= 11 is 0. The van der Waals surface area contributed by atoms with Crippen LogP contribution in [0.3, 0.4) is 0 Å². The summed E-state index contributed by atoms with van der Waals surface area (Å²) in [5.74, 6) is -0.0935. The van der Waals surface area contributed by atoms with Gasteiger partial charge < -0.3 is 20.3 Å². The molecule has 0 aliphatic heterocycles. The van der Waals surface area contributed by atoms with Gasteiger partial charge in [-0.3, -0.25) is 9.59 Å². The van der Waals surface area contributed by atoms with E-state index in [1.165, 1.54) is 193 Å². The predicted molar refractivity (Wildman–Crippen MR) is 264 cm³/mol. The quantitative estimate of drug-likeness (QED) is 0.0322. The number of carbonyl (C=O) groups is 2. The van der Waals surface area contributed by atoms with Gasteiger partial charge in [0.05, 0.1) is 25.4 Å². The SMILES string of the molecule is CCCCCC/C=C\C/C=C\CCCCCCCCCC(=O)OCCCCCCCCCCCC(=O)NC(CO)C(O)CCCCCCCCCCCCCCCCCCC. The van der Waals surface area contributed by atoms with Gasteiger partial charge >= 0.3 is 5.97 Å². The lowest BCUT2D eigenvalue weighted by Gasteiger charge is -2.22. The summed E-state index contributed by atoms with van der Waals surface area (Å²) in [4.78, 5) is 24.5. The molecule has 0 aliphatic rings. The van der Waals surface area contributed by atoms with Gasteiger partial charge in [-0.15, -0.1) is 0 Å². The van der Waals surface area contributed by atoms with Crippen LogP contribution in [0.25, 0.3) is 0 Å². The van der Waals surface area contributed by atoms with E-state index in [1.807, 2.05) is 0 Å². The lowest BCUT2D eigenvalue weighted by atomic mass is 10.0. The van der Waals surface area contributed by atoms with E-state index in [-0.39, 0.29) is 18.5 Å². The first-order chi connectivity index (χ1) is 30.0. The zero-order chi connectivity index (χ0) is 44.4. The first-order valence-corrected chi connectivity index (χ1v) is 27.1. The van der Waals surface area contributed by atoms with Crippen molar-refractivity contribution in [2.24, 2.45) is 0 Å². The molecule has 2 atom stereocenters. The second-order valence-electron chi connectivity index (χ2n) is 18.6. The van der Waals surface area contributed by atoms with Crippen molar-refractivity contribution in [2.75, 3.05) is 13.2 Å². The number of rotatable bonds is 50. The van der Waals surface area contributed by atoms with Gasteiger partial charge in [-0.1, -0.05) is 244 Å². The van der Waals surface area contributed by atoms with Crippen LogP contribution in [-0.2, 0) is 14.3 Å². The highest BCUT2D eigenvalue weighted by Crippen LogP contribution is 2.17. The average Bonchev–Trinajstić information content (AvgIpc) is 3.26. The van der Waals surface area contributed by atoms with Gasteiger partial charge in [-0.25, -0.2) is 0 Å². The third-order valence-corrected chi connectivity index (χ3v) is 12.5. The van der Waals surface area contributed by atoms with Crippen molar-refractivity contribution in [1.29, 1.82) is 0 Å². The third-order valence-electron chi connectivity index (χ3n) is 12.5. The normalized spacial score (nSPS) is 12.8. The Kier molecular flexibility index (Phi) is 49.6. The molecule has 0 aromatic carbocycles. The molecule has 0 saturated carbocycles. The smallest absolute Gasteiger partial charge is 0.305 e. The zero-order valence-electron chi connectivity index (χ0n) is 40.9. The molecule has 0 bridgehead atoms. The van der Waals surface area contributed by atoms with E-state index in [1.54, 1.807) is 0 Å². The maximum absolute atomic E-state index is 12.5. The van der Waals surface area contributed by atoms with Crippen molar-refractivity contribution in [3.05, 3.63) is 24.3 Å². The van der Waals surface area contributed by atoms with Crippen LogP contribution in [-0.4, -0.2) is 47.4 Å². The van der Waals surface area contributed by atoms with Gasteiger partial charge in [0.25, 0.3) is 0 Å². The Morgan fingerprint density at radius 2 is 0.820 bits per heavy atom. The molecule has 3 N–H and O–H groups in total. The highest BCUT2D eigenvalue weighted by Gasteiger charge is 2.20. The number of aliphatic hydroxyl groups is 2. The largest absolute Gasteiger partial charge is 0.466 e. The van der Waals surface area contributed by atoms with E-state index in [2.05, 4.69) is 43.5 Å². The fraction of sp³-hybridized carbons (Fsp3) is 0.891. The maximum Gasteiger partial charge on any atom is 0.305 e. The fourth-order valence-electron chi connectivity index (χ4n) is 8.32. The van der Waals surface area contributed by atoms with Crippen LogP contribution < -0.4 is 5.32 Å². The molecule has 0 radical (unpaired) electrons. The molecule has 1 amide bonds. The van der Waals surface area contributed by atoms with Crippen molar-refractivity contribution < 1.29 is 24.5 Å². The van der Waals surface area contributed by atoms with E-state index in [0.717, 1.165) is 64.2 Å². The number of nitrogens with one attached hydrogen (secondary N) is 1. The van der Waals surface area contributed by atoms with Gasteiger partial charge in [0, 0.05) is 12.8 Å². The van der Waals surface area contributed by atoms with Crippen LogP contribution in [0.4, 0.5) is 0 Å². The summed E-state index contributed by atoms with van der Waals surface area (Å²) in [5, 5.41) is 23.2. The van der Waals surface area contributed by atoms with Crippen molar-refractivity contribution in [2.45, 2.75) is 302 Å². The molecule has 0 fully saturated rings. The van der Waals surface area contributed by atoms with Crippen molar-refractivity contribution in [3.8, 4) is 0 Å². The van der Waals surface area contributed by atoms with E-state index in [4.69, 9.17) is 4.74 Å². The Bertz CT molecular complexity index is 951. The third kappa shape index (κ3) is 47.7. The van der Waals surface area contributed by atoms with E-state index in [9.17, 15) is 19.8 Å². The molecule has 61 heavy (non-hydrogen) atoms. The Morgan fingerprint density at radius 1 is 0.459 bits per heavy atom. The van der Waals surface area contributed by atoms with Crippen LogP contribution in [0.5, 0.6) is 0 Å². The van der Waals surface area contributed by atoms with Gasteiger partial charge in [0.2, 0.25) is 5.91 Å². The summed E-state index contributed by atoms with van der Waals surface area (Å²) in [6, 6.07) is -0.562. The summed E-state index contributed by atoms with van der Waals surface area (Å²) in [5.41, 5.74) is 0. The Balaban J connectivity index is 3.48. The predicted octanol–water partition coefficient (Wildman–Crippen LogP) is 16.3. The van der Waals surface area contributed by atoms with E-state index in [0.29, 0.717) is 25.9 Å². The lowest BCUT2D eigenvalue weighted by molar-refractivity contribution is -0.143. The molecule has 2 unspecified atom stereocenters. The minimum absolute atomic E-state index is 0.0318. The number of esters is 1. The number of unbranched alkanes of at least 4 members (excludes halogenated alkanes) is 35. The number of amides is 1. The minimum Gasteiger partial charge on any atom is -0.466 e. The number of aliphatic hydroxyl groups excluding tert-OH is 2. The monoisotopic (exact) mass is 860 g/mol. The molecule has 6 nitrogen and oxygen atoms in total. The van der Waals surface area contributed by atoms with Crippen LogP contribution in [0.15, 0.2) is 24.3 Å². The summed E-state index contributed by atoms with van der Waals surface area (Å²) in [6.07, 6.45) is 60.0. The standard InChI is InChI=1S/C55H105NO5/c1-3-5-7-9-11-13-15-17-19-21-23-25-27-29-33-37-41-45-49-55(60)61-50-46-42-38-34-30-32-36-40-44-48-54(59)56-52(51-57)53(58)47-43-39-35-31-28-26-24-22-20-18-16-14-12-10-8-6-4-2/h13,15,19,21,52-53,57-58H,3-12,14,16-18,20,22-51H2,1-2H3,(H,56,59)/b15-13-,21-19-. The molecular formula is C55H105NO5. The maximum atomic E-state index is 12.5. The molecule has 0 saturated heterocycles. The number of allylic oxidation sites excluding steroid dienone is 4. The van der Waals surface area contributed by atoms with E-state index < -0.39 is 12.1 Å². The minimum atomic E-state index is -0.682. The first-order valence-electron chi connectivity index (χ1n) is 27.1. The Morgan fingerprint density at radius 3 is 1.26 bits per heavy atom. The summed E-state index contributed by atoms with van der Waals surface area (Å²) < 4.78 is 5.46. The van der Waals surface area contributed by atoms with Crippen LogP contribution in [0, 0.1) is 0 Å². The van der Waals surface area contributed by atoms with Gasteiger partial charge in [-0.2, -0.15) is 0 Å². The van der Waals surface area contributed by atoms with E-state index >= 15 is 0 Å². The van der Waals surface area contributed by atoms with Gasteiger partial charge in [-0.05, 0) is 57.8 Å². The van der Waals surface area contributed by atoms with Crippen LogP contribution in [0.2, 0.25) is 0 Å². The molecule has 6 heteroatoms. The number of hydrogen-bond donors (Lipinski definition) is 3. The second-order valence-corrected chi connectivity index (χ2v) is 18.6. The molecular weight excluding hydrogens is 755 g/mol. The topological polar surface area (TPSA) is 95.9 Å². The molecule has 0 aromatic heterocycles. The zero-order valence-corrected chi connectivity index (χ0v) is 40.9. The second kappa shape index (κ2) is 51.0. The number of carbonyl (C=O) groups excluding carboxylic acids is 2. The first kappa shape index (κ1) is 59.3. The van der Waals surface area contributed by atoms with Crippen LogP contribution in [0.1, 0.15) is 290 Å². The summed E-state index contributed by atoms with van der Waals surface area (Å²) in [7, 11) is 0.